The maximum absolute atomic E-state index is 13.2. The number of rotatable bonds is 6. The summed E-state index contributed by atoms with van der Waals surface area (Å²) in [4.78, 5) is 13.2. The summed E-state index contributed by atoms with van der Waals surface area (Å²) in [7, 11) is 0. The Morgan fingerprint density at radius 2 is 1.38 bits per heavy atom. The first-order chi connectivity index (χ1) is 15.6. The lowest BCUT2D eigenvalue weighted by Crippen LogP contribution is -2.43. The topological polar surface area (TPSA) is 61.7 Å². The van der Waals surface area contributed by atoms with E-state index >= 15 is 0 Å². The molecule has 3 aromatic carbocycles. The molecule has 32 heavy (non-hydrogen) atoms. The van der Waals surface area contributed by atoms with Gasteiger partial charge in [-0.05, 0) is 47.9 Å². The van der Waals surface area contributed by atoms with Gasteiger partial charge >= 0.3 is 0 Å². The van der Waals surface area contributed by atoms with Crippen molar-refractivity contribution in [1.29, 1.82) is 0 Å². The number of benzene rings is 3. The van der Waals surface area contributed by atoms with Gasteiger partial charge in [-0.3, -0.25) is 4.79 Å². The van der Waals surface area contributed by atoms with E-state index in [-0.39, 0.29) is 0 Å². The van der Waals surface area contributed by atoms with E-state index in [1.54, 1.807) is 48.5 Å². The van der Waals surface area contributed by atoms with Crippen LogP contribution in [0.15, 0.2) is 90.0 Å². The van der Waals surface area contributed by atoms with Gasteiger partial charge in [0.1, 0.15) is 0 Å². The van der Waals surface area contributed by atoms with Crippen LogP contribution >= 0.6 is 0 Å². The maximum Gasteiger partial charge on any atom is 0.281 e. The highest BCUT2D eigenvalue weighted by Crippen LogP contribution is 2.33. The summed E-state index contributed by atoms with van der Waals surface area (Å²) in [5, 5.41) is 15.8. The fourth-order valence-corrected chi connectivity index (χ4v) is 4.50. The molecule has 0 heterocycles. The molecule has 1 saturated carbocycles. The van der Waals surface area contributed by atoms with Crippen molar-refractivity contribution >= 4 is 11.6 Å². The van der Waals surface area contributed by atoms with Crippen molar-refractivity contribution in [2.45, 2.75) is 50.5 Å². The van der Waals surface area contributed by atoms with Crippen LogP contribution in [0.3, 0.4) is 0 Å². The molecule has 0 aliphatic heterocycles. The molecule has 0 radical (unpaired) electrons. The number of carbonyl (C=O) groups excluding carboxylic acids is 1. The number of hydrogen-bond donors (Lipinski definition) is 2. The van der Waals surface area contributed by atoms with Gasteiger partial charge < -0.3 is 5.11 Å². The highest BCUT2D eigenvalue weighted by atomic mass is 16.3. The summed E-state index contributed by atoms with van der Waals surface area (Å²) in [6.45, 7) is 1.86. The zero-order chi connectivity index (χ0) is 22.4. The average molecular weight is 427 g/mol. The average Bonchev–Trinajstić information content (AvgIpc) is 2.88. The molecule has 0 aromatic heterocycles. The van der Waals surface area contributed by atoms with Crippen molar-refractivity contribution in [3.05, 3.63) is 107 Å². The van der Waals surface area contributed by atoms with Gasteiger partial charge in [-0.25, -0.2) is 5.43 Å². The molecule has 1 amide bonds. The van der Waals surface area contributed by atoms with Crippen LogP contribution < -0.4 is 5.43 Å². The van der Waals surface area contributed by atoms with Crippen LogP contribution in [0.4, 0.5) is 0 Å². The number of aliphatic hydroxyl groups is 1. The smallest absolute Gasteiger partial charge is 0.281 e. The minimum atomic E-state index is -1.84. The predicted octanol–water partition coefficient (Wildman–Crippen LogP) is 5.51. The second-order valence-electron chi connectivity index (χ2n) is 8.54. The Balaban J connectivity index is 1.53. The Hall–Kier alpha value is -3.24. The van der Waals surface area contributed by atoms with E-state index in [0.717, 1.165) is 5.56 Å². The lowest BCUT2D eigenvalue weighted by atomic mass is 9.84. The Labute approximate surface area is 190 Å². The lowest BCUT2D eigenvalue weighted by Gasteiger charge is -2.27. The van der Waals surface area contributed by atoms with Crippen LogP contribution in [0, 0.1) is 0 Å². The fourth-order valence-electron chi connectivity index (χ4n) is 4.50. The first-order valence-corrected chi connectivity index (χ1v) is 11.4. The largest absolute Gasteiger partial charge is 0.372 e. The van der Waals surface area contributed by atoms with Crippen molar-refractivity contribution in [2.24, 2.45) is 5.10 Å². The number of hydrogen-bond acceptors (Lipinski definition) is 3. The molecule has 164 valence electrons. The summed E-state index contributed by atoms with van der Waals surface area (Å²) < 4.78 is 0. The Morgan fingerprint density at radius 1 is 0.844 bits per heavy atom. The molecule has 0 spiro atoms. The molecular weight excluding hydrogens is 396 g/mol. The summed E-state index contributed by atoms with van der Waals surface area (Å²) in [5.74, 6) is 0.0644. The number of hydrazone groups is 1. The van der Waals surface area contributed by atoms with Gasteiger partial charge in [0.25, 0.3) is 5.91 Å². The third-order valence-electron chi connectivity index (χ3n) is 6.44. The number of nitrogens with one attached hydrogen (secondary N) is 1. The molecular formula is C28H30N2O2. The number of nitrogens with zero attached hydrogens (tertiary/aromatic N) is 1. The van der Waals surface area contributed by atoms with Crippen LogP contribution in [0.1, 0.15) is 67.2 Å². The van der Waals surface area contributed by atoms with E-state index in [2.05, 4.69) is 34.8 Å². The SMILES string of the molecule is CC(=NNC(=O)C(O)(c1ccccc1)c1ccccc1)c1ccc(C2CCCCC2)cc1. The highest BCUT2D eigenvalue weighted by Gasteiger charge is 2.39. The van der Waals surface area contributed by atoms with E-state index in [1.165, 1.54) is 37.7 Å². The van der Waals surface area contributed by atoms with Gasteiger partial charge in [0, 0.05) is 0 Å². The van der Waals surface area contributed by atoms with Crippen LogP contribution in [0.25, 0.3) is 0 Å². The van der Waals surface area contributed by atoms with Crippen LogP contribution in [-0.2, 0) is 10.4 Å². The van der Waals surface area contributed by atoms with E-state index in [4.69, 9.17) is 0 Å². The molecule has 4 rings (SSSR count). The molecule has 2 N–H and O–H groups in total. The van der Waals surface area contributed by atoms with E-state index in [1.807, 2.05) is 19.1 Å². The highest BCUT2D eigenvalue weighted by molar-refractivity contribution is 6.00. The third-order valence-corrected chi connectivity index (χ3v) is 6.44. The third kappa shape index (κ3) is 4.66. The van der Waals surface area contributed by atoms with E-state index in [9.17, 15) is 9.90 Å². The standard InChI is InChI=1S/C28H30N2O2/c1-21(22-17-19-24(20-18-22)23-11-5-2-6-12-23)29-30-27(31)28(32,25-13-7-3-8-14-25)26-15-9-4-10-16-26/h3-4,7-10,13-20,23,32H,2,5-6,11-12H2,1H3,(H,30,31). The van der Waals surface area contributed by atoms with Gasteiger partial charge in [-0.1, -0.05) is 104 Å². The van der Waals surface area contributed by atoms with Crippen molar-refractivity contribution in [1.82, 2.24) is 5.43 Å². The molecule has 0 bridgehead atoms. The van der Waals surface area contributed by atoms with E-state index in [0.29, 0.717) is 22.8 Å². The molecule has 1 fully saturated rings. The monoisotopic (exact) mass is 426 g/mol. The molecule has 0 atom stereocenters. The van der Waals surface area contributed by atoms with Gasteiger partial charge in [0.05, 0.1) is 5.71 Å². The predicted molar refractivity (Wildman–Crippen MR) is 129 cm³/mol. The quantitative estimate of drug-likeness (QED) is 0.403. The zero-order valence-electron chi connectivity index (χ0n) is 18.5. The van der Waals surface area contributed by atoms with Gasteiger partial charge in [0.2, 0.25) is 0 Å². The van der Waals surface area contributed by atoms with Gasteiger partial charge in [0.15, 0.2) is 5.60 Å². The minimum Gasteiger partial charge on any atom is -0.372 e. The lowest BCUT2D eigenvalue weighted by molar-refractivity contribution is -0.136. The molecule has 4 heteroatoms. The minimum absolute atomic E-state index is 0.494. The van der Waals surface area contributed by atoms with Crippen molar-refractivity contribution in [2.75, 3.05) is 0 Å². The Bertz CT molecular complexity index is 1010. The van der Waals surface area contributed by atoms with Gasteiger partial charge in [-0.15, -0.1) is 0 Å². The summed E-state index contributed by atoms with van der Waals surface area (Å²) in [6, 6.07) is 26.4. The second-order valence-corrected chi connectivity index (χ2v) is 8.54. The summed E-state index contributed by atoms with van der Waals surface area (Å²) in [5.41, 5.74) is 4.77. The van der Waals surface area contributed by atoms with Gasteiger partial charge in [-0.2, -0.15) is 5.10 Å². The van der Waals surface area contributed by atoms with Crippen molar-refractivity contribution in [3.8, 4) is 0 Å². The van der Waals surface area contributed by atoms with E-state index < -0.39 is 11.5 Å². The molecule has 0 saturated heterocycles. The van der Waals surface area contributed by atoms with Crippen LogP contribution in [0.2, 0.25) is 0 Å². The number of carbonyl (C=O) groups is 1. The maximum atomic E-state index is 13.2. The first kappa shape index (κ1) is 22.0. The normalized spacial score (nSPS) is 15.4. The molecule has 1 aliphatic rings. The first-order valence-electron chi connectivity index (χ1n) is 11.4. The van der Waals surface area contributed by atoms with Crippen LogP contribution in [0.5, 0.6) is 0 Å². The van der Waals surface area contributed by atoms with Crippen molar-refractivity contribution < 1.29 is 9.90 Å². The molecule has 1 aliphatic carbocycles. The summed E-state index contributed by atoms with van der Waals surface area (Å²) >= 11 is 0. The molecule has 4 nitrogen and oxygen atoms in total. The molecule has 3 aromatic rings. The van der Waals surface area contributed by atoms with Crippen LogP contribution in [-0.4, -0.2) is 16.7 Å². The fraction of sp³-hybridized carbons (Fsp3) is 0.286. The summed E-state index contributed by atoms with van der Waals surface area (Å²) in [6.07, 6.45) is 6.49. The Kier molecular flexibility index (Phi) is 6.81. The zero-order valence-corrected chi connectivity index (χ0v) is 18.5. The van der Waals surface area contributed by atoms with Crippen molar-refractivity contribution in [3.63, 3.8) is 0 Å². The number of amides is 1. The second kappa shape index (κ2) is 9.92. The Morgan fingerprint density at radius 3 is 1.91 bits per heavy atom. The molecule has 0 unspecified atom stereocenters.